The van der Waals surface area contributed by atoms with Gasteiger partial charge in [-0.25, -0.2) is 19.3 Å². The van der Waals surface area contributed by atoms with E-state index in [1.807, 2.05) is 18.2 Å². The molecular weight excluding hydrogens is 893 g/mol. The van der Waals surface area contributed by atoms with Crippen LogP contribution in [0.4, 0.5) is 17.3 Å². The number of ether oxygens (including phenoxy) is 2. The van der Waals surface area contributed by atoms with E-state index in [4.69, 9.17) is 14.5 Å². The number of benzene rings is 2. The minimum atomic E-state index is -1.18. The Labute approximate surface area is 407 Å². The summed E-state index contributed by atoms with van der Waals surface area (Å²) < 4.78 is 14.5. The number of pyridine rings is 1. The fourth-order valence-electron chi connectivity index (χ4n) is 9.13. The first-order valence-electron chi connectivity index (χ1n) is 24.1. The molecule has 1 atom stereocenters. The van der Waals surface area contributed by atoms with Crippen LogP contribution in [0.3, 0.4) is 0 Å². The van der Waals surface area contributed by atoms with E-state index in [0.717, 1.165) is 67.4 Å². The molecule has 2 fully saturated rings. The van der Waals surface area contributed by atoms with Gasteiger partial charge < -0.3 is 30.1 Å². The van der Waals surface area contributed by atoms with E-state index < -0.39 is 23.5 Å². The summed E-state index contributed by atoms with van der Waals surface area (Å²) in [6, 6.07) is 17.8. The third-order valence-electron chi connectivity index (χ3n) is 12.9. The number of ketones is 1. The molecule has 18 nitrogen and oxygen atoms in total. The topological polar surface area (TPSA) is 206 Å². The number of unbranched alkanes of at least 4 members (excludes halogenated alkanes) is 1. The molecule has 18 heteroatoms. The first-order valence-corrected chi connectivity index (χ1v) is 24.1. The number of piperidine rings is 1. The lowest BCUT2D eigenvalue weighted by Crippen LogP contribution is -2.51. The number of imide groups is 1. The van der Waals surface area contributed by atoms with Crippen LogP contribution < -0.4 is 21.1 Å². The molecule has 5 aromatic rings. The van der Waals surface area contributed by atoms with Gasteiger partial charge in [0.1, 0.15) is 22.8 Å². The number of hydrogen-bond acceptors (Lipinski definition) is 14. The Morgan fingerprint density at radius 1 is 0.900 bits per heavy atom. The summed E-state index contributed by atoms with van der Waals surface area (Å²) in [5, 5.41) is 16.9. The number of fused-ring (bicyclic) bond motifs is 2. The van der Waals surface area contributed by atoms with E-state index in [1.54, 1.807) is 54.9 Å². The summed E-state index contributed by atoms with van der Waals surface area (Å²) in [6.45, 7) is 17.3. The standard InChI is InChI=1S/C52H62N10O8/c1-5-24-60-48(65)41-34-53-51(57-46(41)62(60)44-16-9-15-43(56-44)52(3,4)68)55-37-18-20-38(21-19-37)59-28-26-58(27-29-59)25-7-6-13-39(63)23-31-70-33-32-69-30-10-12-36-11-8-14-40-45(36)50(67)61(49(40)66)42-22-17-35(2)54-47(42)64/h5,8-9,11,14-16,18-21,34,42,68H,1-2,6-7,10,12-13,17,22-33H2,3-4H3,(H,54,64)(H,53,55,57). The molecule has 6 heterocycles. The van der Waals surface area contributed by atoms with Crippen molar-refractivity contribution in [3.63, 3.8) is 0 Å². The monoisotopic (exact) mass is 954 g/mol. The van der Waals surface area contributed by atoms with Crippen molar-refractivity contribution in [2.24, 2.45) is 0 Å². The van der Waals surface area contributed by atoms with Crippen molar-refractivity contribution in [1.29, 1.82) is 0 Å². The molecule has 368 valence electrons. The highest BCUT2D eigenvalue weighted by Gasteiger charge is 2.44. The molecule has 0 saturated carbocycles. The molecule has 3 aliphatic heterocycles. The van der Waals surface area contributed by atoms with Crippen molar-refractivity contribution < 1.29 is 33.8 Å². The molecule has 2 aromatic carbocycles. The number of aromatic nitrogens is 5. The average Bonchev–Trinajstić information content (AvgIpc) is 3.77. The number of anilines is 3. The fraction of sp³-hybridized carbons (Fsp3) is 0.423. The van der Waals surface area contributed by atoms with Gasteiger partial charge in [-0.1, -0.05) is 30.9 Å². The third kappa shape index (κ3) is 11.4. The highest BCUT2D eigenvalue weighted by Crippen LogP contribution is 2.31. The maximum atomic E-state index is 13.4. The molecule has 0 spiro atoms. The molecule has 8 rings (SSSR count). The van der Waals surface area contributed by atoms with Crippen LogP contribution in [0.1, 0.15) is 90.8 Å². The van der Waals surface area contributed by atoms with Crippen molar-refractivity contribution in [3.05, 3.63) is 125 Å². The highest BCUT2D eigenvalue weighted by molar-refractivity contribution is 6.23. The fourth-order valence-corrected chi connectivity index (χ4v) is 9.13. The normalized spacial score (nSPS) is 16.5. The van der Waals surface area contributed by atoms with Crippen molar-refractivity contribution in [2.45, 2.75) is 83.4 Å². The number of nitrogens with zero attached hydrogens (tertiary/aromatic N) is 8. The summed E-state index contributed by atoms with van der Waals surface area (Å²) in [7, 11) is 0. The lowest BCUT2D eigenvalue weighted by Gasteiger charge is -2.36. The van der Waals surface area contributed by atoms with E-state index >= 15 is 0 Å². The lowest BCUT2D eigenvalue weighted by atomic mass is 9.99. The van der Waals surface area contributed by atoms with Crippen LogP contribution in [-0.4, -0.2) is 128 Å². The number of Topliss-reactive ketones (excluding diaryl/α,β-unsaturated/α-hetero) is 1. The number of aryl methyl sites for hydroxylation is 1. The Balaban J connectivity index is 0.692. The second-order valence-corrected chi connectivity index (χ2v) is 18.4. The zero-order valence-corrected chi connectivity index (χ0v) is 40.0. The predicted octanol–water partition coefficient (Wildman–Crippen LogP) is 5.44. The summed E-state index contributed by atoms with van der Waals surface area (Å²) in [6.07, 6.45) is 7.91. The number of rotatable bonds is 23. The number of carbonyl (C=O) groups is 4. The Kier molecular flexibility index (Phi) is 15.8. The number of hydrogen-bond donors (Lipinski definition) is 3. The Hall–Kier alpha value is -6.86. The van der Waals surface area contributed by atoms with Gasteiger partial charge in [0.15, 0.2) is 11.5 Å². The van der Waals surface area contributed by atoms with Crippen LogP contribution in [0.15, 0.2) is 96.6 Å². The van der Waals surface area contributed by atoms with Crippen LogP contribution in [0.25, 0.3) is 16.9 Å². The van der Waals surface area contributed by atoms with Gasteiger partial charge in [0.05, 0.1) is 43.2 Å². The van der Waals surface area contributed by atoms with Gasteiger partial charge in [0, 0.05) is 68.9 Å². The molecule has 3 aromatic heterocycles. The quantitative estimate of drug-likeness (QED) is 0.0424. The summed E-state index contributed by atoms with van der Waals surface area (Å²) in [5.41, 5.74) is 3.34. The largest absolute Gasteiger partial charge is 0.384 e. The van der Waals surface area contributed by atoms with E-state index in [0.29, 0.717) is 110 Å². The summed E-state index contributed by atoms with van der Waals surface area (Å²) >= 11 is 0. The number of aliphatic hydroxyl groups is 1. The Morgan fingerprint density at radius 2 is 1.66 bits per heavy atom. The van der Waals surface area contributed by atoms with E-state index in [-0.39, 0.29) is 23.8 Å². The third-order valence-corrected chi connectivity index (χ3v) is 12.9. The van der Waals surface area contributed by atoms with Crippen molar-refractivity contribution in [1.82, 2.24) is 39.4 Å². The van der Waals surface area contributed by atoms with E-state index in [2.05, 4.69) is 55.7 Å². The SMILES string of the molecule is C=CCn1c(=O)c2cnc(Nc3ccc(N4CCN(CCCCC(=O)CCOCCOCCCc5cccc6c5C(=O)N(C5CCC(=C)NC5=O)C6=O)CC4)cc3)nc2n1-c1cccc(C(C)(C)O)n1. The second kappa shape index (κ2) is 22.3. The van der Waals surface area contributed by atoms with Gasteiger partial charge >= 0.3 is 0 Å². The van der Waals surface area contributed by atoms with Crippen LogP contribution in [0.2, 0.25) is 0 Å². The molecule has 3 N–H and O–H groups in total. The van der Waals surface area contributed by atoms with Gasteiger partial charge in [-0.15, -0.1) is 6.58 Å². The maximum Gasteiger partial charge on any atom is 0.278 e. The number of amides is 3. The number of nitrogens with one attached hydrogen (secondary N) is 2. The minimum Gasteiger partial charge on any atom is -0.384 e. The molecule has 70 heavy (non-hydrogen) atoms. The first kappa shape index (κ1) is 49.6. The van der Waals surface area contributed by atoms with Crippen molar-refractivity contribution in [2.75, 3.05) is 69.4 Å². The summed E-state index contributed by atoms with van der Waals surface area (Å²) in [5.74, 6) is -0.298. The second-order valence-electron chi connectivity index (χ2n) is 18.4. The van der Waals surface area contributed by atoms with Gasteiger partial charge in [-0.3, -0.25) is 33.8 Å². The molecule has 0 radical (unpaired) electrons. The molecule has 0 bridgehead atoms. The Bertz CT molecular complexity index is 2810. The molecular formula is C52H62N10O8. The van der Waals surface area contributed by atoms with Crippen molar-refractivity contribution >= 4 is 51.9 Å². The zero-order chi connectivity index (χ0) is 49.4. The molecule has 2 saturated heterocycles. The van der Waals surface area contributed by atoms with Crippen LogP contribution >= 0.6 is 0 Å². The molecule has 1 unspecified atom stereocenters. The van der Waals surface area contributed by atoms with Crippen LogP contribution in [-0.2, 0) is 37.6 Å². The molecule has 0 aliphatic carbocycles. The van der Waals surface area contributed by atoms with E-state index in [1.165, 1.54) is 10.9 Å². The van der Waals surface area contributed by atoms with Crippen LogP contribution in [0, 0.1) is 0 Å². The smallest absolute Gasteiger partial charge is 0.278 e. The van der Waals surface area contributed by atoms with E-state index in [9.17, 15) is 29.1 Å². The highest BCUT2D eigenvalue weighted by atomic mass is 16.5. The van der Waals surface area contributed by atoms with Gasteiger partial charge in [0.25, 0.3) is 17.4 Å². The lowest BCUT2D eigenvalue weighted by molar-refractivity contribution is -0.125. The predicted molar refractivity (Wildman–Crippen MR) is 265 cm³/mol. The number of piperazine rings is 1. The average molecular weight is 955 g/mol. The molecule has 3 amide bonds. The summed E-state index contributed by atoms with van der Waals surface area (Å²) in [4.78, 5) is 84.8. The van der Waals surface area contributed by atoms with Gasteiger partial charge in [-0.05, 0) is 107 Å². The molecule has 3 aliphatic rings. The van der Waals surface area contributed by atoms with Crippen molar-refractivity contribution in [3.8, 4) is 5.82 Å². The van der Waals surface area contributed by atoms with Crippen LogP contribution in [0.5, 0.6) is 0 Å². The zero-order valence-electron chi connectivity index (χ0n) is 40.0. The maximum absolute atomic E-state index is 13.4. The number of carbonyl (C=O) groups excluding carboxylic acids is 4. The first-order chi connectivity index (χ1) is 33.8. The van der Waals surface area contributed by atoms with Gasteiger partial charge in [0.2, 0.25) is 11.9 Å². The van der Waals surface area contributed by atoms with Gasteiger partial charge in [-0.2, -0.15) is 4.98 Å². The Morgan fingerprint density at radius 3 is 2.40 bits per heavy atom. The minimum absolute atomic E-state index is 0.196. The number of allylic oxidation sites excluding steroid dienone is 2.